The number of ether oxygens (including phenoxy) is 2. The van der Waals surface area contributed by atoms with Crippen LogP contribution >= 0.6 is 23.2 Å². The van der Waals surface area contributed by atoms with Gasteiger partial charge in [-0.3, -0.25) is 0 Å². The number of hydrogen-bond donors (Lipinski definition) is 1. The lowest BCUT2D eigenvalue weighted by Crippen LogP contribution is -2.23. The van der Waals surface area contributed by atoms with Gasteiger partial charge in [-0.25, -0.2) is 0 Å². The van der Waals surface area contributed by atoms with E-state index >= 15 is 0 Å². The number of hydrogen-bond acceptors (Lipinski definition) is 3. The fraction of sp³-hybridized carbons (Fsp3) is 0.571. The minimum Gasteiger partial charge on any atom is -0.382 e. The molecule has 0 bridgehead atoms. The first-order valence-corrected chi connectivity index (χ1v) is 7.20. The molecule has 5 heteroatoms. The molecule has 0 aromatic heterocycles. The van der Waals surface area contributed by atoms with Crippen LogP contribution in [-0.4, -0.2) is 33.5 Å². The van der Waals surface area contributed by atoms with Crippen molar-refractivity contribution >= 4 is 23.2 Å². The monoisotopic (exact) mass is 305 g/mol. The van der Waals surface area contributed by atoms with E-state index in [0.29, 0.717) is 29.9 Å². The van der Waals surface area contributed by atoms with E-state index in [4.69, 9.17) is 32.7 Å². The maximum atomic E-state index is 6.25. The summed E-state index contributed by atoms with van der Waals surface area (Å²) >= 11 is 12.3. The molecule has 0 aliphatic heterocycles. The molecule has 0 fully saturated rings. The van der Waals surface area contributed by atoms with Crippen LogP contribution in [0.2, 0.25) is 10.0 Å². The van der Waals surface area contributed by atoms with Crippen molar-refractivity contribution in [3.05, 3.63) is 33.8 Å². The molecule has 1 atom stereocenters. The molecule has 0 spiro atoms. The third-order valence-electron chi connectivity index (χ3n) is 2.79. The molecule has 1 aromatic carbocycles. The molecule has 0 aliphatic rings. The molecule has 0 aliphatic carbocycles. The maximum absolute atomic E-state index is 6.25. The van der Waals surface area contributed by atoms with E-state index in [1.165, 1.54) is 0 Å². The summed E-state index contributed by atoms with van der Waals surface area (Å²) in [7, 11) is 1.66. The summed E-state index contributed by atoms with van der Waals surface area (Å²) in [5.74, 6) is 0. The Kier molecular flexibility index (Phi) is 8.42. The number of halogens is 2. The minimum absolute atomic E-state index is 0.152. The predicted molar refractivity (Wildman–Crippen MR) is 80.2 cm³/mol. The largest absolute Gasteiger partial charge is 0.382 e. The average Bonchev–Trinajstić information content (AvgIpc) is 2.41. The smallest absolute Gasteiger partial charge is 0.0700 e. The topological polar surface area (TPSA) is 30.5 Å². The highest BCUT2D eigenvalue weighted by atomic mass is 35.5. The van der Waals surface area contributed by atoms with Gasteiger partial charge in [-0.2, -0.15) is 0 Å². The van der Waals surface area contributed by atoms with Crippen LogP contribution in [0.3, 0.4) is 0 Å². The lowest BCUT2D eigenvalue weighted by atomic mass is 10.0. The SMILES string of the molecule is CCNC(CCOCCOC)c1cccc(Cl)c1Cl. The highest BCUT2D eigenvalue weighted by molar-refractivity contribution is 6.42. The van der Waals surface area contributed by atoms with Crippen LogP contribution in [0.15, 0.2) is 18.2 Å². The second kappa shape index (κ2) is 9.56. The van der Waals surface area contributed by atoms with Crippen LogP contribution in [0.1, 0.15) is 24.9 Å². The fourth-order valence-corrected chi connectivity index (χ4v) is 2.29. The molecule has 1 N–H and O–H groups in total. The maximum Gasteiger partial charge on any atom is 0.0700 e. The van der Waals surface area contributed by atoms with Crippen molar-refractivity contribution in [2.45, 2.75) is 19.4 Å². The molecule has 1 rings (SSSR count). The third kappa shape index (κ3) is 5.67. The van der Waals surface area contributed by atoms with Gasteiger partial charge >= 0.3 is 0 Å². The van der Waals surface area contributed by atoms with Crippen molar-refractivity contribution in [1.29, 1.82) is 0 Å². The standard InChI is InChI=1S/C14H21Cl2NO2/c1-3-17-13(7-8-19-10-9-18-2)11-5-4-6-12(15)14(11)16/h4-6,13,17H,3,7-10H2,1-2H3. The Bertz CT molecular complexity index is 374. The van der Waals surface area contributed by atoms with Gasteiger partial charge in [-0.05, 0) is 24.6 Å². The molecule has 0 amide bonds. The molecular weight excluding hydrogens is 285 g/mol. The van der Waals surface area contributed by atoms with Gasteiger partial charge in [0.05, 0.1) is 23.3 Å². The summed E-state index contributed by atoms with van der Waals surface area (Å²) in [6, 6.07) is 5.86. The zero-order valence-electron chi connectivity index (χ0n) is 11.4. The van der Waals surface area contributed by atoms with Gasteiger partial charge in [0.2, 0.25) is 0 Å². The fourth-order valence-electron chi connectivity index (χ4n) is 1.85. The van der Waals surface area contributed by atoms with Crippen molar-refractivity contribution in [3.63, 3.8) is 0 Å². The third-order valence-corrected chi connectivity index (χ3v) is 3.62. The Labute approximate surface area is 125 Å². The summed E-state index contributed by atoms with van der Waals surface area (Å²) in [6.07, 6.45) is 0.845. The number of nitrogens with one attached hydrogen (secondary N) is 1. The van der Waals surface area contributed by atoms with Crippen molar-refractivity contribution in [2.24, 2.45) is 0 Å². The van der Waals surface area contributed by atoms with Crippen molar-refractivity contribution in [1.82, 2.24) is 5.32 Å². The van der Waals surface area contributed by atoms with Crippen LogP contribution in [0.4, 0.5) is 0 Å². The normalized spacial score (nSPS) is 12.6. The van der Waals surface area contributed by atoms with Crippen LogP contribution in [0.5, 0.6) is 0 Å². The van der Waals surface area contributed by atoms with Gasteiger partial charge in [-0.15, -0.1) is 0 Å². The summed E-state index contributed by atoms with van der Waals surface area (Å²) in [6.45, 7) is 4.81. The summed E-state index contributed by atoms with van der Waals surface area (Å²) in [5.41, 5.74) is 1.02. The van der Waals surface area contributed by atoms with Gasteiger partial charge < -0.3 is 14.8 Å². The first-order valence-electron chi connectivity index (χ1n) is 6.44. The quantitative estimate of drug-likeness (QED) is 0.706. The van der Waals surface area contributed by atoms with Crippen molar-refractivity contribution in [3.8, 4) is 0 Å². The zero-order chi connectivity index (χ0) is 14.1. The van der Waals surface area contributed by atoms with Crippen molar-refractivity contribution in [2.75, 3.05) is 33.5 Å². The number of benzene rings is 1. The molecule has 0 heterocycles. The molecule has 0 saturated carbocycles. The molecule has 108 valence electrons. The number of rotatable bonds is 9. The summed E-state index contributed by atoms with van der Waals surface area (Å²) in [5, 5.41) is 4.61. The lowest BCUT2D eigenvalue weighted by molar-refractivity contribution is 0.0658. The molecule has 3 nitrogen and oxygen atoms in total. The van der Waals surface area contributed by atoms with E-state index in [-0.39, 0.29) is 6.04 Å². The van der Waals surface area contributed by atoms with E-state index in [2.05, 4.69) is 12.2 Å². The summed E-state index contributed by atoms with van der Waals surface area (Å²) < 4.78 is 10.4. The van der Waals surface area contributed by atoms with E-state index in [0.717, 1.165) is 18.5 Å². The second-order valence-corrected chi connectivity index (χ2v) is 4.93. The molecule has 1 aromatic rings. The van der Waals surface area contributed by atoms with E-state index in [1.807, 2.05) is 12.1 Å². The zero-order valence-corrected chi connectivity index (χ0v) is 12.9. The molecule has 1 unspecified atom stereocenters. The van der Waals surface area contributed by atoms with Gasteiger partial charge in [0.1, 0.15) is 0 Å². The Hall–Kier alpha value is -0.320. The van der Waals surface area contributed by atoms with Crippen LogP contribution in [0.25, 0.3) is 0 Å². The Morgan fingerprint density at radius 2 is 2.00 bits per heavy atom. The lowest BCUT2D eigenvalue weighted by Gasteiger charge is -2.20. The highest BCUT2D eigenvalue weighted by Gasteiger charge is 2.15. The van der Waals surface area contributed by atoms with Crippen molar-refractivity contribution < 1.29 is 9.47 Å². The molecule has 0 radical (unpaired) electrons. The van der Waals surface area contributed by atoms with Gasteiger partial charge in [-0.1, -0.05) is 42.3 Å². The Morgan fingerprint density at radius 3 is 2.68 bits per heavy atom. The molecular formula is C14H21Cl2NO2. The first-order chi connectivity index (χ1) is 9.20. The van der Waals surface area contributed by atoms with Gasteiger partial charge in [0.25, 0.3) is 0 Å². The predicted octanol–water partition coefficient (Wildman–Crippen LogP) is 3.70. The van der Waals surface area contributed by atoms with Crippen LogP contribution in [-0.2, 0) is 9.47 Å². The Morgan fingerprint density at radius 1 is 1.21 bits per heavy atom. The minimum atomic E-state index is 0.152. The van der Waals surface area contributed by atoms with E-state index < -0.39 is 0 Å². The average molecular weight is 306 g/mol. The highest BCUT2D eigenvalue weighted by Crippen LogP contribution is 2.31. The number of methoxy groups -OCH3 is 1. The van der Waals surface area contributed by atoms with E-state index in [9.17, 15) is 0 Å². The van der Waals surface area contributed by atoms with Gasteiger partial charge in [0, 0.05) is 19.8 Å². The van der Waals surface area contributed by atoms with E-state index in [1.54, 1.807) is 13.2 Å². The molecule has 0 saturated heterocycles. The van der Waals surface area contributed by atoms with Crippen LogP contribution in [0, 0.1) is 0 Å². The second-order valence-electron chi connectivity index (χ2n) is 4.15. The molecule has 19 heavy (non-hydrogen) atoms. The van der Waals surface area contributed by atoms with Crippen LogP contribution < -0.4 is 5.32 Å². The summed E-state index contributed by atoms with van der Waals surface area (Å²) in [4.78, 5) is 0. The van der Waals surface area contributed by atoms with Gasteiger partial charge in [0.15, 0.2) is 0 Å². The first kappa shape index (κ1) is 16.7. The Balaban J connectivity index is 2.58.